The summed E-state index contributed by atoms with van der Waals surface area (Å²) in [6.07, 6.45) is 0. The van der Waals surface area contributed by atoms with Crippen molar-refractivity contribution in [1.29, 1.82) is 0 Å². The van der Waals surface area contributed by atoms with Gasteiger partial charge >= 0.3 is 0 Å². The van der Waals surface area contributed by atoms with Crippen molar-refractivity contribution in [3.05, 3.63) is 70.0 Å². The Morgan fingerprint density at radius 3 is 2.52 bits per heavy atom. The number of nitrogens with one attached hydrogen (secondary N) is 1. The molecule has 33 heavy (non-hydrogen) atoms. The molecule has 0 unspecified atom stereocenters. The number of non-ortho nitro benzene ring substituents is 1. The number of aromatic nitrogens is 2. The normalized spacial score (nSPS) is 12.7. The van der Waals surface area contributed by atoms with Gasteiger partial charge in [0.05, 0.1) is 10.6 Å². The first-order chi connectivity index (χ1) is 15.8. The van der Waals surface area contributed by atoms with Gasteiger partial charge in [0.25, 0.3) is 11.6 Å². The minimum atomic E-state index is -0.569. The zero-order valence-electron chi connectivity index (χ0n) is 17.8. The third-order valence-corrected chi connectivity index (χ3v) is 5.58. The Labute approximate surface area is 193 Å². The van der Waals surface area contributed by atoms with Gasteiger partial charge in [-0.2, -0.15) is 0 Å². The number of carbonyl (C=O) groups excluding carboxylic acids is 2. The summed E-state index contributed by atoms with van der Waals surface area (Å²) < 4.78 is 5.32. The number of benzene rings is 2. The summed E-state index contributed by atoms with van der Waals surface area (Å²) in [4.78, 5) is 46.3. The lowest BCUT2D eigenvalue weighted by molar-refractivity contribution is -0.384. The number of fused-ring (bicyclic) bond motifs is 1. The molecule has 2 amide bonds. The monoisotopic (exact) mass is 465 g/mol. The molecule has 1 aliphatic rings. The fourth-order valence-electron chi connectivity index (χ4n) is 3.27. The number of anilines is 2. The lowest BCUT2D eigenvalue weighted by Gasteiger charge is -2.28. The van der Waals surface area contributed by atoms with Crippen LogP contribution in [0.2, 0.25) is 0 Å². The number of aryl methyl sites for hydroxylation is 2. The molecule has 0 radical (unpaired) electrons. The van der Waals surface area contributed by atoms with Crippen molar-refractivity contribution >= 4 is 40.6 Å². The van der Waals surface area contributed by atoms with Crippen LogP contribution in [0.25, 0.3) is 0 Å². The molecule has 10 nitrogen and oxygen atoms in total. The molecule has 1 aromatic heterocycles. The van der Waals surface area contributed by atoms with E-state index in [2.05, 4.69) is 15.3 Å². The Kier molecular flexibility index (Phi) is 6.22. The maximum absolute atomic E-state index is 12.6. The fraction of sp³-hybridized carbons (Fsp3) is 0.182. The zero-order valence-corrected chi connectivity index (χ0v) is 18.6. The van der Waals surface area contributed by atoms with Crippen molar-refractivity contribution in [2.24, 2.45) is 0 Å². The lowest BCUT2D eigenvalue weighted by Crippen LogP contribution is -2.43. The van der Waals surface area contributed by atoms with Gasteiger partial charge in [-0.25, -0.2) is 9.97 Å². The first-order valence-corrected chi connectivity index (χ1v) is 10.7. The third kappa shape index (κ3) is 5.26. The number of hydrogen-bond donors (Lipinski definition) is 1. The van der Waals surface area contributed by atoms with E-state index < -0.39 is 16.7 Å². The molecule has 0 fully saturated rings. The SMILES string of the molecule is Cc1cc(C)nc(Sc2ccc(NC(=O)CN3C(=O)COc4ccc([N+](=O)[O-])cc43)cc2)n1. The molecule has 0 saturated carbocycles. The Bertz CT molecular complexity index is 1230. The van der Waals surface area contributed by atoms with E-state index in [1.54, 1.807) is 12.1 Å². The van der Waals surface area contributed by atoms with Gasteiger partial charge in [-0.3, -0.25) is 24.6 Å². The van der Waals surface area contributed by atoms with Crippen molar-refractivity contribution in [1.82, 2.24) is 9.97 Å². The van der Waals surface area contributed by atoms with E-state index in [0.717, 1.165) is 16.3 Å². The van der Waals surface area contributed by atoms with Gasteiger partial charge in [0.2, 0.25) is 5.91 Å². The molecule has 11 heteroatoms. The Balaban J connectivity index is 1.43. The average Bonchev–Trinajstić information content (AvgIpc) is 2.76. The number of hydrogen-bond acceptors (Lipinski definition) is 8. The van der Waals surface area contributed by atoms with Crippen molar-refractivity contribution in [3.63, 3.8) is 0 Å². The summed E-state index contributed by atoms with van der Waals surface area (Å²) in [5.74, 6) is -0.595. The molecule has 1 aliphatic heterocycles. The second kappa shape index (κ2) is 9.25. The minimum Gasteiger partial charge on any atom is -0.482 e. The number of nitro benzene ring substituents is 1. The molecule has 2 heterocycles. The highest BCUT2D eigenvalue weighted by Crippen LogP contribution is 2.35. The minimum absolute atomic E-state index is 0.191. The topological polar surface area (TPSA) is 128 Å². The number of amides is 2. The van der Waals surface area contributed by atoms with Crippen LogP contribution in [0.4, 0.5) is 17.1 Å². The lowest BCUT2D eigenvalue weighted by atomic mass is 10.2. The molecule has 1 N–H and O–H groups in total. The number of nitro groups is 1. The maximum Gasteiger partial charge on any atom is 0.271 e. The van der Waals surface area contributed by atoms with Crippen LogP contribution in [0.15, 0.2) is 58.6 Å². The van der Waals surface area contributed by atoms with E-state index >= 15 is 0 Å². The van der Waals surface area contributed by atoms with E-state index in [4.69, 9.17) is 4.74 Å². The van der Waals surface area contributed by atoms with Crippen LogP contribution < -0.4 is 15.0 Å². The molecule has 2 aromatic carbocycles. The van der Waals surface area contributed by atoms with Crippen LogP contribution in [-0.4, -0.2) is 39.9 Å². The Morgan fingerprint density at radius 2 is 1.85 bits per heavy atom. The van der Waals surface area contributed by atoms with Crippen molar-refractivity contribution in [2.45, 2.75) is 23.9 Å². The van der Waals surface area contributed by atoms with E-state index in [-0.39, 0.29) is 24.5 Å². The van der Waals surface area contributed by atoms with Crippen LogP contribution in [0, 0.1) is 24.0 Å². The van der Waals surface area contributed by atoms with Crippen molar-refractivity contribution < 1.29 is 19.2 Å². The molecule has 0 aliphatic carbocycles. The highest BCUT2D eigenvalue weighted by Gasteiger charge is 2.29. The van der Waals surface area contributed by atoms with Crippen LogP contribution in [0.3, 0.4) is 0 Å². The first-order valence-electron chi connectivity index (χ1n) is 9.90. The molecular formula is C22H19N5O5S. The largest absolute Gasteiger partial charge is 0.482 e. The summed E-state index contributed by atoms with van der Waals surface area (Å²) >= 11 is 1.41. The predicted octanol–water partition coefficient (Wildman–Crippen LogP) is 3.52. The second-order valence-corrected chi connectivity index (χ2v) is 8.33. The quantitative estimate of drug-likeness (QED) is 0.333. The van der Waals surface area contributed by atoms with E-state index in [9.17, 15) is 19.7 Å². The molecule has 0 atom stereocenters. The second-order valence-electron chi connectivity index (χ2n) is 7.29. The number of rotatable bonds is 6. The van der Waals surface area contributed by atoms with Gasteiger partial charge in [0, 0.05) is 34.1 Å². The summed E-state index contributed by atoms with van der Waals surface area (Å²) in [5.41, 5.74) is 2.32. The van der Waals surface area contributed by atoms with Crippen LogP contribution in [-0.2, 0) is 9.59 Å². The van der Waals surface area contributed by atoms with Crippen LogP contribution in [0.1, 0.15) is 11.4 Å². The van der Waals surface area contributed by atoms with Gasteiger partial charge < -0.3 is 10.1 Å². The third-order valence-electron chi connectivity index (χ3n) is 4.71. The molecule has 0 bridgehead atoms. The van der Waals surface area contributed by atoms with Crippen LogP contribution in [0.5, 0.6) is 5.75 Å². The molecular weight excluding hydrogens is 446 g/mol. The number of nitrogens with zero attached hydrogens (tertiary/aromatic N) is 4. The molecule has 168 valence electrons. The van der Waals surface area contributed by atoms with Gasteiger partial charge in [-0.1, -0.05) is 0 Å². The molecule has 3 aromatic rings. The van der Waals surface area contributed by atoms with Gasteiger partial charge in [-0.05, 0) is 62.0 Å². The standard InChI is InChI=1S/C22H19N5O5S/c1-13-9-14(2)24-22(23-13)33-17-6-3-15(4-7-17)25-20(28)11-26-18-10-16(27(30)31)5-8-19(18)32-12-21(26)29/h3-10H,11-12H2,1-2H3,(H,25,28). The van der Waals surface area contributed by atoms with Crippen molar-refractivity contribution in [2.75, 3.05) is 23.4 Å². The number of ether oxygens (including phenoxy) is 1. The first kappa shape index (κ1) is 22.2. The van der Waals surface area contributed by atoms with Crippen LogP contribution >= 0.6 is 11.8 Å². The van der Waals surface area contributed by atoms with E-state index in [1.165, 1.54) is 34.9 Å². The Hall–Kier alpha value is -3.99. The van der Waals surface area contributed by atoms with E-state index in [1.807, 2.05) is 32.0 Å². The van der Waals surface area contributed by atoms with Gasteiger partial charge in [0.1, 0.15) is 12.3 Å². The van der Waals surface area contributed by atoms with E-state index in [0.29, 0.717) is 16.6 Å². The highest BCUT2D eigenvalue weighted by atomic mass is 32.2. The summed E-state index contributed by atoms with van der Waals surface area (Å²) in [6, 6.07) is 13.0. The predicted molar refractivity (Wildman–Crippen MR) is 122 cm³/mol. The number of carbonyl (C=O) groups is 2. The highest BCUT2D eigenvalue weighted by molar-refractivity contribution is 7.99. The Morgan fingerprint density at radius 1 is 1.15 bits per heavy atom. The fourth-order valence-corrected chi connectivity index (χ4v) is 4.13. The summed E-state index contributed by atoms with van der Waals surface area (Å²) in [6.45, 7) is 3.27. The van der Waals surface area contributed by atoms with Gasteiger partial charge in [-0.15, -0.1) is 0 Å². The molecule has 4 rings (SSSR count). The van der Waals surface area contributed by atoms with Gasteiger partial charge in [0.15, 0.2) is 11.8 Å². The van der Waals surface area contributed by atoms with Crippen molar-refractivity contribution in [3.8, 4) is 5.75 Å². The maximum atomic E-state index is 12.6. The summed E-state index contributed by atoms with van der Waals surface area (Å²) in [5, 5.41) is 14.5. The molecule has 0 saturated heterocycles. The average molecular weight is 465 g/mol. The smallest absolute Gasteiger partial charge is 0.271 e. The zero-order chi connectivity index (χ0) is 23.5. The summed E-state index contributed by atoms with van der Waals surface area (Å²) in [7, 11) is 0. The molecule has 0 spiro atoms.